The molecule has 2 saturated heterocycles. The number of carbonyl (C=O) groups is 1. The molecular weight excluding hydrogens is 330 g/mol. The molecule has 24 heavy (non-hydrogen) atoms. The first-order valence-electron chi connectivity index (χ1n) is 8.11. The Kier molecular flexibility index (Phi) is 4.63. The van der Waals surface area contributed by atoms with E-state index in [2.05, 4.69) is 9.71 Å². The minimum atomic E-state index is -3.17. The molecule has 1 aromatic heterocycles. The van der Waals surface area contributed by atoms with Gasteiger partial charge in [0.15, 0.2) is 0 Å². The Bertz CT molecular complexity index is 729. The summed E-state index contributed by atoms with van der Waals surface area (Å²) in [6, 6.07) is 5.42. The highest BCUT2D eigenvalue weighted by Crippen LogP contribution is 2.41. The van der Waals surface area contributed by atoms with Gasteiger partial charge in [-0.1, -0.05) is 6.07 Å². The fourth-order valence-corrected chi connectivity index (χ4v) is 4.02. The molecule has 0 aromatic carbocycles. The molecule has 7 nitrogen and oxygen atoms in total. The van der Waals surface area contributed by atoms with E-state index in [-0.39, 0.29) is 17.4 Å². The van der Waals surface area contributed by atoms with Gasteiger partial charge in [0.05, 0.1) is 19.3 Å². The average Bonchev–Trinajstić information content (AvgIpc) is 2.87. The maximum atomic E-state index is 12.5. The average molecular weight is 353 g/mol. The second-order valence-electron chi connectivity index (χ2n) is 6.68. The number of ether oxygens (including phenoxy) is 1. The highest BCUT2D eigenvalue weighted by molar-refractivity contribution is 7.88. The number of hydrogen-bond donors (Lipinski definition) is 1. The molecule has 0 aliphatic carbocycles. The number of likely N-dealkylation sites (tertiary alicyclic amines) is 1. The van der Waals surface area contributed by atoms with E-state index in [1.807, 2.05) is 19.1 Å². The van der Waals surface area contributed by atoms with Crippen molar-refractivity contribution in [1.29, 1.82) is 0 Å². The summed E-state index contributed by atoms with van der Waals surface area (Å²) in [7, 11) is -3.17. The van der Waals surface area contributed by atoms with Crippen molar-refractivity contribution in [2.75, 3.05) is 32.5 Å². The first-order valence-corrected chi connectivity index (χ1v) is 10.00. The van der Waals surface area contributed by atoms with Crippen LogP contribution in [-0.2, 0) is 14.8 Å². The third-order valence-corrected chi connectivity index (χ3v) is 5.50. The number of rotatable bonds is 5. The highest BCUT2D eigenvalue weighted by atomic mass is 32.2. The number of nitrogens with one attached hydrogen (secondary N) is 1. The molecule has 0 bridgehead atoms. The second-order valence-corrected chi connectivity index (χ2v) is 8.51. The van der Waals surface area contributed by atoms with Gasteiger partial charge in [-0.3, -0.25) is 4.79 Å². The lowest BCUT2D eigenvalue weighted by atomic mass is 9.79. The van der Waals surface area contributed by atoms with Crippen LogP contribution in [0.3, 0.4) is 0 Å². The van der Waals surface area contributed by atoms with Crippen LogP contribution in [-0.4, -0.2) is 62.3 Å². The number of aromatic nitrogens is 1. The van der Waals surface area contributed by atoms with E-state index in [1.165, 1.54) is 0 Å². The van der Waals surface area contributed by atoms with Crippen molar-refractivity contribution in [3.8, 4) is 0 Å². The number of carbonyl (C=O) groups excluding carboxylic acids is 1. The summed E-state index contributed by atoms with van der Waals surface area (Å²) >= 11 is 0. The van der Waals surface area contributed by atoms with Gasteiger partial charge in [-0.15, -0.1) is 0 Å². The fourth-order valence-electron chi connectivity index (χ4n) is 3.53. The summed E-state index contributed by atoms with van der Waals surface area (Å²) in [4.78, 5) is 18.5. The van der Waals surface area contributed by atoms with Gasteiger partial charge in [0.25, 0.3) is 5.91 Å². The maximum absolute atomic E-state index is 12.5. The molecule has 0 unspecified atom stereocenters. The Hall–Kier alpha value is -1.51. The van der Waals surface area contributed by atoms with Crippen LogP contribution in [0.5, 0.6) is 0 Å². The predicted octanol–water partition coefficient (Wildman–Crippen LogP) is 0.560. The van der Waals surface area contributed by atoms with Crippen molar-refractivity contribution in [1.82, 2.24) is 14.6 Å². The number of sulfonamides is 1. The Labute approximate surface area is 142 Å². The summed E-state index contributed by atoms with van der Waals surface area (Å²) in [6.07, 6.45) is 2.78. The quantitative estimate of drug-likeness (QED) is 0.836. The van der Waals surface area contributed by atoms with E-state index in [9.17, 15) is 13.2 Å². The minimum Gasteiger partial charge on any atom is -0.371 e. The summed E-state index contributed by atoms with van der Waals surface area (Å²) in [6.45, 7) is 4.02. The normalized spacial score (nSPS) is 22.6. The topological polar surface area (TPSA) is 88.6 Å². The van der Waals surface area contributed by atoms with Gasteiger partial charge >= 0.3 is 0 Å². The lowest BCUT2D eigenvalue weighted by Crippen LogP contribution is -2.66. The first kappa shape index (κ1) is 17.3. The van der Waals surface area contributed by atoms with Crippen molar-refractivity contribution in [2.24, 2.45) is 5.92 Å². The molecule has 1 atom stereocenters. The maximum Gasteiger partial charge on any atom is 0.272 e. The van der Waals surface area contributed by atoms with E-state index in [4.69, 9.17) is 4.74 Å². The molecule has 3 heterocycles. The smallest absolute Gasteiger partial charge is 0.272 e. The number of hydrogen-bond acceptors (Lipinski definition) is 5. The molecule has 0 radical (unpaired) electrons. The molecule has 2 aliphatic heterocycles. The minimum absolute atomic E-state index is 0.0761. The van der Waals surface area contributed by atoms with Crippen LogP contribution in [0.4, 0.5) is 0 Å². The van der Waals surface area contributed by atoms with Crippen molar-refractivity contribution >= 4 is 15.9 Å². The molecule has 3 rings (SSSR count). The second kappa shape index (κ2) is 6.42. The Morgan fingerprint density at radius 1 is 1.46 bits per heavy atom. The van der Waals surface area contributed by atoms with Crippen molar-refractivity contribution < 1.29 is 17.9 Å². The zero-order chi connectivity index (χ0) is 17.4. The third kappa shape index (κ3) is 3.60. The number of nitrogens with zero attached hydrogens (tertiary/aromatic N) is 2. The molecule has 0 saturated carbocycles. The van der Waals surface area contributed by atoms with Crippen LogP contribution >= 0.6 is 0 Å². The summed E-state index contributed by atoms with van der Waals surface area (Å²) in [5.74, 6) is 0.189. The van der Waals surface area contributed by atoms with Crippen LogP contribution < -0.4 is 4.72 Å². The molecule has 1 spiro atoms. The summed E-state index contributed by atoms with van der Waals surface area (Å²) < 4.78 is 30.8. The summed E-state index contributed by atoms with van der Waals surface area (Å²) in [5.41, 5.74) is 0.953. The molecule has 8 heteroatoms. The molecular formula is C16H23N3O4S. The lowest BCUT2D eigenvalue weighted by molar-refractivity contribution is -0.118. The first-order chi connectivity index (χ1) is 11.3. The summed E-state index contributed by atoms with van der Waals surface area (Å²) in [5, 5.41) is 0. The molecule has 2 fully saturated rings. The number of pyridine rings is 1. The Balaban J connectivity index is 1.58. The Morgan fingerprint density at radius 3 is 2.88 bits per heavy atom. The monoisotopic (exact) mass is 353 g/mol. The van der Waals surface area contributed by atoms with Crippen molar-refractivity contribution in [3.05, 3.63) is 29.6 Å². The van der Waals surface area contributed by atoms with E-state index in [1.54, 1.807) is 11.0 Å². The predicted molar refractivity (Wildman–Crippen MR) is 89.1 cm³/mol. The van der Waals surface area contributed by atoms with Gasteiger partial charge in [-0.25, -0.2) is 18.1 Å². The van der Waals surface area contributed by atoms with Gasteiger partial charge in [-0.2, -0.15) is 0 Å². The van der Waals surface area contributed by atoms with E-state index in [0.717, 1.165) is 24.8 Å². The zero-order valence-corrected chi connectivity index (χ0v) is 14.8. The molecule has 1 aromatic rings. The molecule has 1 N–H and O–H groups in total. The third-order valence-electron chi connectivity index (χ3n) is 4.77. The Morgan fingerprint density at radius 2 is 2.21 bits per heavy atom. The van der Waals surface area contributed by atoms with Gasteiger partial charge < -0.3 is 9.64 Å². The number of amides is 1. The van der Waals surface area contributed by atoms with E-state index >= 15 is 0 Å². The van der Waals surface area contributed by atoms with Crippen molar-refractivity contribution in [2.45, 2.75) is 25.4 Å². The standard InChI is InChI=1S/C16H23N3O4S/c1-12-4-3-5-14(18-12)15(20)19-10-16(11-19)13(7-9-23-16)6-8-17-24(2,21)22/h3-5,13,17H,6-11H2,1-2H3/t13-/m0/s1. The van der Waals surface area contributed by atoms with Crippen molar-refractivity contribution in [3.63, 3.8) is 0 Å². The fraction of sp³-hybridized carbons (Fsp3) is 0.625. The molecule has 2 aliphatic rings. The number of aryl methyl sites for hydroxylation is 1. The van der Waals surface area contributed by atoms with Crippen LogP contribution in [0.1, 0.15) is 29.0 Å². The zero-order valence-electron chi connectivity index (χ0n) is 14.0. The van der Waals surface area contributed by atoms with E-state index < -0.39 is 10.0 Å². The van der Waals surface area contributed by atoms with Crippen LogP contribution in [0, 0.1) is 12.8 Å². The van der Waals surface area contributed by atoms with Gasteiger partial charge in [0.1, 0.15) is 11.3 Å². The van der Waals surface area contributed by atoms with Gasteiger partial charge in [0, 0.05) is 18.8 Å². The van der Waals surface area contributed by atoms with Crippen LogP contribution in [0.15, 0.2) is 18.2 Å². The largest absolute Gasteiger partial charge is 0.371 e. The van der Waals surface area contributed by atoms with Crippen LogP contribution in [0.2, 0.25) is 0 Å². The SMILES string of the molecule is Cc1cccc(C(=O)N2CC3(C2)OCC[C@@H]3CCNS(C)(=O)=O)n1. The van der Waals surface area contributed by atoms with Gasteiger partial charge in [0.2, 0.25) is 10.0 Å². The van der Waals surface area contributed by atoms with Crippen LogP contribution in [0.25, 0.3) is 0 Å². The lowest BCUT2D eigenvalue weighted by Gasteiger charge is -2.50. The molecule has 132 valence electrons. The molecule has 1 amide bonds. The van der Waals surface area contributed by atoms with Gasteiger partial charge in [-0.05, 0) is 37.8 Å². The highest BCUT2D eigenvalue weighted by Gasteiger charge is 2.54. The van der Waals surface area contributed by atoms with E-state index in [0.29, 0.717) is 31.9 Å².